The first-order valence-electron chi connectivity index (χ1n) is 10.2. The molecule has 2 aromatic rings. The normalized spacial score (nSPS) is 15.8. The number of hydrogen-bond acceptors (Lipinski definition) is 5. The quantitative estimate of drug-likeness (QED) is 0.489. The second-order valence-electron chi connectivity index (χ2n) is 7.81. The van der Waals surface area contributed by atoms with Gasteiger partial charge in [0.1, 0.15) is 22.8 Å². The van der Waals surface area contributed by atoms with Gasteiger partial charge in [-0.05, 0) is 62.7 Å². The van der Waals surface area contributed by atoms with Crippen molar-refractivity contribution in [1.82, 2.24) is 4.90 Å². The molecule has 3 rings (SSSR count). The van der Waals surface area contributed by atoms with E-state index >= 15 is 0 Å². The monoisotopic (exact) mass is 449 g/mol. The van der Waals surface area contributed by atoms with Crippen LogP contribution >= 0.6 is 0 Å². The first-order valence-corrected chi connectivity index (χ1v) is 10.2. The zero-order valence-corrected chi connectivity index (χ0v) is 18.2. The molecule has 0 bridgehead atoms. The van der Waals surface area contributed by atoms with Crippen molar-refractivity contribution in [2.45, 2.75) is 24.9 Å². The summed E-state index contributed by atoms with van der Waals surface area (Å²) in [6.45, 7) is 1.72. The molecule has 2 aromatic carbocycles. The predicted molar refractivity (Wildman–Crippen MR) is 115 cm³/mol. The lowest BCUT2D eigenvalue weighted by Crippen LogP contribution is -2.29. The second-order valence-corrected chi connectivity index (χ2v) is 7.81. The van der Waals surface area contributed by atoms with Gasteiger partial charge in [-0.3, -0.25) is 4.79 Å². The Morgan fingerprint density at radius 1 is 1.09 bits per heavy atom. The number of phenols is 1. The molecule has 0 amide bonds. The summed E-state index contributed by atoms with van der Waals surface area (Å²) in [6, 6.07) is 6.05. The lowest BCUT2D eigenvalue weighted by atomic mass is 9.86. The third-order valence-corrected chi connectivity index (χ3v) is 5.74. The number of allylic oxidation sites excluding steroid dienone is 1. The van der Waals surface area contributed by atoms with E-state index in [1.807, 2.05) is 7.05 Å². The maximum absolute atomic E-state index is 13.0. The SMILES string of the molecule is COc1cc(OC)c(C2CCN(C)CC2)c(O)c1C(=O)/C=C/c1ccc(C(F)(F)F)cc1. The van der Waals surface area contributed by atoms with Crippen LogP contribution in [0.1, 0.15) is 45.8 Å². The van der Waals surface area contributed by atoms with Crippen LogP contribution in [0.15, 0.2) is 36.4 Å². The lowest BCUT2D eigenvalue weighted by molar-refractivity contribution is -0.137. The summed E-state index contributed by atoms with van der Waals surface area (Å²) in [5.41, 5.74) is 0.241. The van der Waals surface area contributed by atoms with Crippen LogP contribution in [0.25, 0.3) is 6.08 Å². The molecule has 0 atom stereocenters. The van der Waals surface area contributed by atoms with E-state index in [0.29, 0.717) is 16.9 Å². The van der Waals surface area contributed by atoms with E-state index in [9.17, 15) is 23.1 Å². The molecule has 0 saturated carbocycles. The largest absolute Gasteiger partial charge is 0.507 e. The highest BCUT2D eigenvalue weighted by Crippen LogP contribution is 2.45. The summed E-state index contributed by atoms with van der Waals surface area (Å²) < 4.78 is 49.0. The molecule has 8 heteroatoms. The van der Waals surface area contributed by atoms with Gasteiger partial charge in [0.05, 0.1) is 19.8 Å². The zero-order chi connectivity index (χ0) is 23.5. The van der Waals surface area contributed by atoms with Gasteiger partial charge in [-0.2, -0.15) is 13.2 Å². The Morgan fingerprint density at radius 3 is 2.22 bits per heavy atom. The van der Waals surface area contributed by atoms with Crippen LogP contribution in [0.3, 0.4) is 0 Å². The third kappa shape index (κ3) is 5.07. The number of halogens is 3. The fourth-order valence-corrected chi connectivity index (χ4v) is 3.94. The van der Waals surface area contributed by atoms with Gasteiger partial charge in [-0.1, -0.05) is 18.2 Å². The molecule has 172 valence electrons. The highest BCUT2D eigenvalue weighted by Gasteiger charge is 2.31. The van der Waals surface area contributed by atoms with Gasteiger partial charge in [-0.15, -0.1) is 0 Å². The van der Waals surface area contributed by atoms with Crippen LogP contribution in [-0.2, 0) is 6.18 Å². The molecule has 0 radical (unpaired) electrons. The average Bonchev–Trinajstić information content (AvgIpc) is 2.77. The third-order valence-electron chi connectivity index (χ3n) is 5.74. The first kappa shape index (κ1) is 23.7. The summed E-state index contributed by atoms with van der Waals surface area (Å²) in [6.07, 6.45) is -0.194. The van der Waals surface area contributed by atoms with Crippen molar-refractivity contribution < 1.29 is 32.5 Å². The van der Waals surface area contributed by atoms with E-state index in [0.717, 1.165) is 38.1 Å². The molecule has 1 aliphatic heterocycles. The highest BCUT2D eigenvalue weighted by atomic mass is 19.4. The van der Waals surface area contributed by atoms with Gasteiger partial charge in [0.15, 0.2) is 5.78 Å². The number of methoxy groups -OCH3 is 2. The fraction of sp³-hybridized carbons (Fsp3) is 0.375. The van der Waals surface area contributed by atoms with E-state index in [-0.39, 0.29) is 23.0 Å². The first-order chi connectivity index (χ1) is 15.2. The predicted octanol–water partition coefficient (Wildman–Crippen LogP) is 5.13. The van der Waals surface area contributed by atoms with Gasteiger partial charge in [0.2, 0.25) is 0 Å². The van der Waals surface area contributed by atoms with E-state index in [2.05, 4.69) is 4.90 Å². The minimum absolute atomic E-state index is 0.00499. The second kappa shape index (κ2) is 9.65. The molecule has 0 spiro atoms. The molecule has 1 saturated heterocycles. The Labute approximate surface area is 185 Å². The molecule has 0 aromatic heterocycles. The van der Waals surface area contributed by atoms with E-state index in [4.69, 9.17) is 9.47 Å². The number of phenolic OH excluding ortho intramolecular Hbond substituents is 1. The number of ketones is 1. The van der Waals surface area contributed by atoms with Crippen molar-refractivity contribution in [3.05, 3.63) is 58.7 Å². The minimum atomic E-state index is -4.43. The molecular weight excluding hydrogens is 423 g/mol. The van der Waals surface area contributed by atoms with Crippen molar-refractivity contribution in [3.8, 4) is 17.2 Å². The number of carbonyl (C=O) groups is 1. The standard InChI is InChI=1S/C24H26F3NO4/c1-28-12-10-16(11-13-28)21-19(31-2)14-20(32-3)22(23(21)30)18(29)9-6-15-4-7-17(8-5-15)24(25,26)27/h4-9,14,16,30H,10-13H2,1-3H3/b9-6+. The lowest BCUT2D eigenvalue weighted by Gasteiger charge is -2.31. The summed E-state index contributed by atoms with van der Waals surface area (Å²) in [7, 11) is 4.92. The van der Waals surface area contributed by atoms with Gasteiger partial charge < -0.3 is 19.5 Å². The molecule has 32 heavy (non-hydrogen) atoms. The van der Waals surface area contributed by atoms with Crippen LogP contribution in [-0.4, -0.2) is 50.1 Å². The smallest absolute Gasteiger partial charge is 0.416 e. The van der Waals surface area contributed by atoms with Crippen molar-refractivity contribution in [2.24, 2.45) is 0 Å². The summed E-state index contributed by atoms with van der Waals surface area (Å²) in [5, 5.41) is 11.1. The van der Waals surface area contributed by atoms with E-state index in [1.54, 1.807) is 6.07 Å². The van der Waals surface area contributed by atoms with Crippen molar-refractivity contribution in [2.75, 3.05) is 34.4 Å². The number of piperidine rings is 1. The Kier molecular flexibility index (Phi) is 7.13. The Morgan fingerprint density at radius 2 is 1.69 bits per heavy atom. The van der Waals surface area contributed by atoms with E-state index < -0.39 is 17.5 Å². The number of nitrogens with zero attached hydrogens (tertiary/aromatic N) is 1. The molecular formula is C24H26F3NO4. The Balaban J connectivity index is 1.94. The number of likely N-dealkylation sites (tertiary alicyclic amines) is 1. The van der Waals surface area contributed by atoms with Crippen LogP contribution in [0.5, 0.6) is 17.2 Å². The zero-order valence-electron chi connectivity index (χ0n) is 18.2. The number of aromatic hydroxyl groups is 1. The Hall–Kier alpha value is -3.00. The maximum atomic E-state index is 13.0. The molecule has 5 nitrogen and oxygen atoms in total. The summed E-state index contributed by atoms with van der Waals surface area (Å²) in [5.74, 6) is -0.0540. The number of benzene rings is 2. The number of carbonyl (C=O) groups excluding carboxylic acids is 1. The minimum Gasteiger partial charge on any atom is -0.507 e. The van der Waals surface area contributed by atoms with E-state index in [1.165, 1.54) is 38.5 Å². The Bertz CT molecular complexity index is 992. The average molecular weight is 449 g/mol. The van der Waals surface area contributed by atoms with Gasteiger partial charge in [0.25, 0.3) is 0 Å². The number of alkyl halides is 3. The molecule has 1 aliphatic rings. The molecule has 0 unspecified atom stereocenters. The number of rotatable bonds is 6. The number of ether oxygens (including phenoxy) is 2. The van der Waals surface area contributed by atoms with Crippen molar-refractivity contribution >= 4 is 11.9 Å². The topological polar surface area (TPSA) is 59.0 Å². The van der Waals surface area contributed by atoms with Crippen LogP contribution in [0.4, 0.5) is 13.2 Å². The maximum Gasteiger partial charge on any atom is 0.416 e. The van der Waals surface area contributed by atoms with Crippen LogP contribution in [0.2, 0.25) is 0 Å². The van der Waals surface area contributed by atoms with Crippen molar-refractivity contribution in [1.29, 1.82) is 0 Å². The molecule has 1 fully saturated rings. The highest BCUT2D eigenvalue weighted by molar-refractivity contribution is 6.11. The molecule has 1 heterocycles. The van der Waals surface area contributed by atoms with Crippen LogP contribution < -0.4 is 9.47 Å². The molecule has 1 N–H and O–H groups in total. The van der Waals surface area contributed by atoms with Crippen molar-refractivity contribution in [3.63, 3.8) is 0 Å². The van der Waals surface area contributed by atoms with Crippen LogP contribution in [0, 0.1) is 0 Å². The van der Waals surface area contributed by atoms with Gasteiger partial charge in [0, 0.05) is 11.6 Å². The number of hydrogen-bond donors (Lipinski definition) is 1. The summed E-state index contributed by atoms with van der Waals surface area (Å²) in [4.78, 5) is 15.2. The van der Waals surface area contributed by atoms with Gasteiger partial charge >= 0.3 is 6.18 Å². The van der Waals surface area contributed by atoms with Gasteiger partial charge in [-0.25, -0.2) is 0 Å². The fourth-order valence-electron chi connectivity index (χ4n) is 3.94. The molecule has 0 aliphatic carbocycles. The summed E-state index contributed by atoms with van der Waals surface area (Å²) >= 11 is 0.